The first-order chi connectivity index (χ1) is 12.8. The number of aromatic nitrogens is 4. The van der Waals surface area contributed by atoms with Gasteiger partial charge in [-0.1, -0.05) is 36.8 Å². The third kappa shape index (κ3) is 3.88. The number of piperidine rings is 1. The number of likely N-dealkylation sites (tertiary alicyclic amines) is 1. The van der Waals surface area contributed by atoms with Gasteiger partial charge in [0.1, 0.15) is 0 Å². The molecule has 4 rings (SSSR count). The zero-order valence-electron chi connectivity index (χ0n) is 15.5. The van der Waals surface area contributed by atoms with E-state index in [1.165, 1.54) is 37.9 Å². The molecule has 3 aromatic rings. The van der Waals surface area contributed by atoms with E-state index in [-0.39, 0.29) is 0 Å². The topological polar surface area (TPSA) is 38.9 Å². The van der Waals surface area contributed by atoms with Crippen LogP contribution in [0.5, 0.6) is 0 Å². The van der Waals surface area contributed by atoms with Crippen molar-refractivity contribution < 1.29 is 0 Å². The Morgan fingerprint density at radius 3 is 2.65 bits per heavy atom. The molecule has 136 valence electrons. The number of nitrogens with zero attached hydrogens (tertiary/aromatic N) is 5. The van der Waals surface area contributed by atoms with Gasteiger partial charge in [0.25, 0.3) is 0 Å². The van der Waals surface area contributed by atoms with Crippen LogP contribution in [0.3, 0.4) is 0 Å². The van der Waals surface area contributed by atoms with Gasteiger partial charge in [0.15, 0.2) is 0 Å². The van der Waals surface area contributed by atoms with Crippen LogP contribution in [0, 0.1) is 0 Å². The lowest BCUT2D eigenvalue weighted by Crippen LogP contribution is -2.39. The molecule has 1 saturated heterocycles. The lowest BCUT2D eigenvalue weighted by Gasteiger charge is -2.32. The minimum Gasteiger partial charge on any atom is -0.329 e. The minimum atomic E-state index is 0.530. The summed E-state index contributed by atoms with van der Waals surface area (Å²) >= 11 is 0. The quantitative estimate of drug-likeness (QED) is 0.681. The Morgan fingerprint density at radius 1 is 1.04 bits per heavy atom. The van der Waals surface area contributed by atoms with Crippen molar-refractivity contribution in [1.82, 2.24) is 24.2 Å². The predicted molar refractivity (Wildman–Crippen MR) is 104 cm³/mol. The predicted octanol–water partition coefficient (Wildman–Crippen LogP) is 3.67. The number of benzene rings is 1. The highest BCUT2D eigenvalue weighted by molar-refractivity contribution is 5.56. The van der Waals surface area contributed by atoms with Crippen LogP contribution in [0.2, 0.25) is 0 Å². The first kappa shape index (κ1) is 17.0. The van der Waals surface area contributed by atoms with Gasteiger partial charge in [0.05, 0.1) is 31.0 Å². The third-order valence-electron chi connectivity index (χ3n) is 5.30. The Labute approximate surface area is 155 Å². The highest BCUT2D eigenvalue weighted by Crippen LogP contribution is 2.21. The highest BCUT2D eigenvalue weighted by Gasteiger charge is 2.18. The van der Waals surface area contributed by atoms with Crippen LogP contribution < -0.4 is 0 Å². The van der Waals surface area contributed by atoms with Crippen molar-refractivity contribution in [2.45, 2.75) is 45.3 Å². The second kappa shape index (κ2) is 7.87. The number of hydrogen-bond donors (Lipinski definition) is 0. The maximum Gasteiger partial charge on any atom is 0.0951 e. The van der Waals surface area contributed by atoms with Gasteiger partial charge in [-0.15, -0.1) is 0 Å². The Balaban J connectivity index is 1.46. The van der Waals surface area contributed by atoms with E-state index in [9.17, 15) is 0 Å². The van der Waals surface area contributed by atoms with E-state index in [1.807, 2.05) is 29.5 Å². The average molecular weight is 349 g/mol. The Morgan fingerprint density at radius 2 is 1.85 bits per heavy atom. The van der Waals surface area contributed by atoms with Gasteiger partial charge in [0.2, 0.25) is 0 Å². The molecule has 1 aromatic carbocycles. The Kier molecular flexibility index (Phi) is 5.16. The second-order valence-corrected chi connectivity index (χ2v) is 7.29. The van der Waals surface area contributed by atoms with E-state index in [0.717, 1.165) is 24.3 Å². The van der Waals surface area contributed by atoms with E-state index in [4.69, 9.17) is 0 Å². The molecule has 0 N–H and O–H groups in total. The molecule has 0 bridgehead atoms. The standard InChI is InChI=1S/C21H27N5/c1-18(24-10-6-3-7-11-24)14-25-17-22-13-21(25)20-12-23-26(16-20)15-19-8-4-2-5-9-19/h2,4-5,8-9,12-13,16-18H,3,6-7,10-11,14-15H2,1H3/t18-/m1/s1. The van der Waals surface area contributed by atoms with E-state index in [1.54, 1.807) is 0 Å². The maximum atomic E-state index is 4.54. The molecule has 0 unspecified atom stereocenters. The molecule has 5 nitrogen and oxygen atoms in total. The molecule has 3 heterocycles. The van der Waals surface area contributed by atoms with Crippen molar-refractivity contribution in [3.8, 4) is 11.3 Å². The summed E-state index contributed by atoms with van der Waals surface area (Å²) in [5.41, 5.74) is 3.53. The second-order valence-electron chi connectivity index (χ2n) is 7.29. The van der Waals surface area contributed by atoms with Gasteiger partial charge < -0.3 is 4.57 Å². The summed E-state index contributed by atoms with van der Waals surface area (Å²) in [5, 5.41) is 4.54. The molecule has 1 aliphatic heterocycles. The normalized spacial score (nSPS) is 16.7. The van der Waals surface area contributed by atoms with E-state index in [2.05, 4.69) is 56.9 Å². The Bertz CT molecular complexity index is 814. The fraction of sp³-hybridized carbons (Fsp3) is 0.429. The summed E-state index contributed by atoms with van der Waals surface area (Å²) in [4.78, 5) is 7.00. The van der Waals surface area contributed by atoms with Crippen molar-refractivity contribution >= 4 is 0 Å². The zero-order chi connectivity index (χ0) is 17.8. The molecule has 5 heteroatoms. The molecule has 0 radical (unpaired) electrons. The molecule has 0 amide bonds. The monoisotopic (exact) mass is 349 g/mol. The molecule has 26 heavy (non-hydrogen) atoms. The van der Waals surface area contributed by atoms with Gasteiger partial charge in [-0.25, -0.2) is 4.98 Å². The van der Waals surface area contributed by atoms with Crippen LogP contribution >= 0.6 is 0 Å². The van der Waals surface area contributed by atoms with E-state index < -0.39 is 0 Å². The first-order valence-corrected chi connectivity index (χ1v) is 9.60. The summed E-state index contributed by atoms with van der Waals surface area (Å²) in [6, 6.07) is 11.0. The number of imidazole rings is 1. The molecule has 1 atom stereocenters. The van der Waals surface area contributed by atoms with Crippen LogP contribution in [0.1, 0.15) is 31.7 Å². The summed E-state index contributed by atoms with van der Waals surface area (Å²) in [6.45, 7) is 6.53. The molecule has 0 saturated carbocycles. The lowest BCUT2D eigenvalue weighted by atomic mass is 10.1. The van der Waals surface area contributed by atoms with Crippen molar-refractivity contribution in [2.75, 3.05) is 13.1 Å². The van der Waals surface area contributed by atoms with Gasteiger partial charge in [-0.3, -0.25) is 9.58 Å². The zero-order valence-corrected chi connectivity index (χ0v) is 15.5. The smallest absolute Gasteiger partial charge is 0.0951 e. The summed E-state index contributed by atoms with van der Waals surface area (Å²) in [6.07, 6.45) is 12.0. The molecular weight excluding hydrogens is 322 g/mol. The number of rotatable bonds is 6. The van der Waals surface area contributed by atoms with Crippen LogP contribution in [0.25, 0.3) is 11.3 Å². The van der Waals surface area contributed by atoms with Gasteiger partial charge in [0, 0.05) is 24.3 Å². The minimum absolute atomic E-state index is 0.530. The van der Waals surface area contributed by atoms with E-state index >= 15 is 0 Å². The van der Waals surface area contributed by atoms with Gasteiger partial charge >= 0.3 is 0 Å². The van der Waals surface area contributed by atoms with Crippen LogP contribution in [-0.4, -0.2) is 43.4 Å². The van der Waals surface area contributed by atoms with Crippen molar-refractivity contribution in [2.24, 2.45) is 0 Å². The largest absolute Gasteiger partial charge is 0.329 e. The summed E-state index contributed by atoms with van der Waals surface area (Å²) < 4.78 is 4.26. The molecule has 1 aliphatic rings. The lowest BCUT2D eigenvalue weighted by molar-refractivity contribution is 0.160. The SMILES string of the molecule is C[C@H](Cn1cncc1-c1cnn(Cc2ccccc2)c1)N1CCCCC1. The van der Waals surface area contributed by atoms with Crippen LogP contribution in [-0.2, 0) is 13.1 Å². The fourth-order valence-corrected chi connectivity index (χ4v) is 3.82. The van der Waals surface area contributed by atoms with Crippen LogP contribution in [0.15, 0.2) is 55.2 Å². The molecule has 0 aliphatic carbocycles. The Hall–Kier alpha value is -2.40. The summed E-state index contributed by atoms with van der Waals surface area (Å²) in [5.74, 6) is 0. The fourth-order valence-electron chi connectivity index (χ4n) is 3.82. The molecule has 2 aromatic heterocycles. The van der Waals surface area contributed by atoms with Crippen molar-refractivity contribution in [1.29, 1.82) is 0 Å². The molecule has 0 spiro atoms. The molecular formula is C21H27N5. The van der Waals surface area contributed by atoms with Gasteiger partial charge in [-0.2, -0.15) is 5.10 Å². The highest BCUT2D eigenvalue weighted by atomic mass is 15.3. The molecule has 1 fully saturated rings. The number of hydrogen-bond acceptors (Lipinski definition) is 3. The maximum absolute atomic E-state index is 4.54. The first-order valence-electron chi connectivity index (χ1n) is 9.60. The van der Waals surface area contributed by atoms with Gasteiger partial charge in [-0.05, 0) is 38.4 Å². The van der Waals surface area contributed by atoms with Crippen LogP contribution in [0.4, 0.5) is 0 Å². The van der Waals surface area contributed by atoms with Crippen molar-refractivity contribution in [3.63, 3.8) is 0 Å². The average Bonchev–Trinajstić information content (AvgIpc) is 3.32. The summed E-state index contributed by atoms with van der Waals surface area (Å²) in [7, 11) is 0. The van der Waals surface area contributed by atoms with Crippen molar-refractivity contribution in [3.05, 3.63) is 60.8 Å². The van der Waals surface area contributed by atoms with E-state index in [0.29, 0.717) is 6.04 Å². The third-order valence-corrected chi connectivity index (χ3v) is 5.30.